The molecular weight excluding hydrogens is 394 g/mol. The molecule has 0 radical (unpaired) electrons. The number of hydrogen-bond acceptors (Lipinski definition) is 7. The Morgan fingerprint density at radius 2 is 1.55 bits per heavy atom. The molecule has 1 aromatic heterocycles. The van der Waals surface area contributed by atoms with Crippen molar-refractivity contribution in [1.29, 1.82) is 0 Å². The molecule has 1 fully saturated rings. The van der Waals surface area contributed by atoms with E-state index in [2.05, 4.69) is 49.4 Å². The van der Waals surface area contributed by atoms with Gasteiger partial charge in [0.1, 0.15) is 0 Å². The van der Waals surface area contributed by atoms with E-state index in [0.29, 0.717) is 28.7 Å². The Morgan fingerprint density at radius 3 is 2.19 bits per heavy atom. The molecule has 4 rings (SSSR count). The molecule has 1 amide bonds. The first-order chi connectivity index (χ1) is 15.2. The highest BCUT2D eigenvalue weighted by molar-refractivity contribution is 6.06. The van der Waals surface area contributed by atoms with E-state index >= 15 is 0 Å². The second kappa shape index (κ2) is 9.34. The lowest BCUT2D eigenvalue weighted by Crippen LogP contribution is -2.47. The summed E-state index contributed by atoms with van der Waals surface area (Å²) >= 11 is 0. The van der Waals surface area contributed by atoms with Crippen LogP contribution >= 0.6 is 0 Å². The van der Waals surface area contributed by atoms with E-state index in [4.69, 9.17) is 9.47 Å². The molecule has 2 heterocycles. The van der Waals surface area contributed by atoms with Gasteiger partial charge in [-0.05, 0) is 24.3 Å². The number of para-hydroxylation sites is 2. The zero-order valence-electron chi connectivity index (χ0n) is 17.6. The van der Waals surface area contributed by atoms with Crippen LogP contribution < -0.4 is 24.6 Å². The number of anilines is 3. The van der Waals surface area contributed by atoms with E-state index < -0.39 is 0 Å². The minimum absolute atomic E-state index is 0.316. The number of benzene rings is 2. The van der Waals surface area contributed by atoms with Gasteiger partial charge in [0.05, 0.1) is 37.9 Å². The molecule has 0 spiro atoms. The summed E-state index contributed by atoms with van der Waals surface area (Å²) in [6, 6.07) is 15.5. The molecule has 3 aromatic rings. The third-order valence-corrected chi connectivity index (χ3v) is 5.23. The normalized spacial score (nSPS) is 13.6. The van der Waals surface area contributed by atoms with Crippen molar-refractivity contribution in [3.05, 3.63) is 66.5 Å². The third-order valence-electron chi connectivity index (χ3n) is 5.23. The SMILES string of the molecule is COc1cccc(C(=O)Nc2cnc(N3CCN(c4ccccc4)CC3)nc2)c1OC. The Hall–Kier alpha value is -3.81. The van der Waals surface area contributed by atoms with Crippen LogP contribution in [0.5, 0.6) is 11.5 Å². The van der Waals surface area contributed by atoms with Crippen LogP contribution in [0.15, 0.2) is 60.9 Å². The summed E-state index contributed by atoms with van der Waals surface area (Å²) in [5, 5.41) is 2.82. The second-order valence-electron chi connectivity index (χ2n) is 7.08. The van der Waals surface area contributed by atoms with Gasteiger partial charge in [0, 0.05) is 31.9 Å². The molecule has 31 heavy (non-hydrogen) atoms. The van der Waals surface area contributed by atoms with Gasteiger partial charge in [-0.1, -0.05) is 24.3 Å². The molecule has 0 unspecified atom stereocenters. The molecule has 0 aliphatic carbocycles. The van der Waals surface area contributed by atoms with Gasteiger partial charge < -0.3 is 24.6 Å². The largest absolute Gasteiger partial charge is 0.493 e. The summed E-state index contributed by atoms with van der Waals surface area (Å²) < 4.78 is 10.6. The lowest BCUT2D eigenvalue weighted by molar-refractivity contribution is 0.102. The minimum Gasteiger partial charge on any atom is -0.493 e. The van der Waals surface area contributed by atoms with Crippen LogP contribution in [0.3, 0.4) is 0 Å². The van der Waals surface area contributed by atoms with E-state index in [0.717, 1.165) is 26.2 Å². The number of carbonyl (C=O) groups excluding carboxylic acids is 1. The van der Waals surface area contributed by atoms with Crippen LogP contribution in [0, 0.1) is 0 Å². The first-order valence-corrected chi connectivity index (χ1v) is 10.1. The number of piperazine rings is 1. The Kier molecular flexibility index (Phi) is 6.16. The lowest BCUT2D eigenvalue weighted by Gasteiger charge is -2.36. The molecule has 0 atom stereocenters. The molecule has 1 N–H and O–H groups in total. The molecule has 8 nitrogen and oxygen atoms in total. The van der Waals surface area contributed by atoms with Gasteiger partial charge in [0.15, 0.2) is 11.5 Å². The van der Waals surface area contributed by atoms with Gasteiger partial charge in [-0.25, -0.2) is 9.97 Å². The Labute approximate surface area is 181 Å². The van der Waals surface area contributed by atoms with Crippen LogP contribution in [-0.2, 0) is 0 Å². The number of nitrogens with zero attached hydrogens (tertiary/aromatic N) is 4. The van der Waals surface area contributed by atoms with E-state index in [1.807, 2.05) is 6.07 Å². The fourth-order valence-electron chi connectivity index (χ4n) is 3.62. The summed E-state index contributed by atoms with van der Waals surface area (Å²) in [7, 11) is 3.04. The maximum Gasteiger partial charge on any atom is 0.259 e. The number of carbonyl (C=O) groups is 1. The molecule has 2 aromatic carbocycles. The number of hydrogen-bond donors (Lipinski definition) is 1. The van der Waals surface area contributed by atoms with Crippen molar-refractivity contribution in [3.63, 3.8) is 0 Å². The van der Waals surface area contributed by atoms with Gasteiger partial charge >= 0.3 is 0 Å². The maximum absolute atomic E-state index is 12.7. The van der Waals surface area contributed by atoms with E-state index in [1.54, 1.807) is 30.6 Å². The number of aromatic nitrogens is 2. The Morgan fingerprint density at radius 1 is 0.871 bits per heavy atom. The van der Waals surface area contributed by atoms with Gasteiger partial charge in [0.25, 0.3) is 5.91 Å². The van der Waals surface area contributed by atoms with Crippen LogP contribution in [0.25, 0.3) is 0 Å². The molecule has 1 aliphatic rings. The number of nitrogens with one attached hydrogen (secondary N) is 1. The number of methoxy groups -OCH3 is 2. The Balaban J connectivity index is 1.39. The van der Waals surface area contributed by atoms with Crippen LogP contribution in [0.2, 0.25) is 0 Å². The fourth-order valence-corrected chi connectivity index (χ4v) is 3.62. The fraction of sp³-hybridized carbons (Fsp3) is 0.261. The topological polar surface area (TPSA) is 79.8 Å². The standard InChI is InChI=1S/C23H25N5O3/c1-30-20-10-6-9-19(21(20)31-2)22(29)26-17-15-24-23(25-16-17)28-13-11-27(12-14-28)18-7-4-3-5-8-18/h3-10,15-16H,11-14H2,1-2H3,(H,26,29). The van der Waals surface area contributed by atoms with Crippen LogP contribution in [0.4, 0.5) is 17.3 Å². The summed E-state index contributed by atoms with van der Waals surface area (Å²) in [4.78, 5) is 26.1. The van der Waals surface area contributed by atoms with Crippen molar-refractivity contribution < 1.29 is 14.3 Å². The second-order valence-corrected chi connectivity index (χ2v) is 7.08. The molecule has 0 saturated carbocycles. The van der Waals surface area contributed by atoms with Gasteiger partial charge in [-0.3, -0.25) is 4.79 Å². The average Bonchev–Trinajstić information content (AvgIpc) is 2.84. The van der Waals surface area contributed by atoms with Crippen molar-refractivity contribution in [2.75, 3.05) is 55.5 Å². The van der Waals surface area contributed by atoms with Crippen molar-refractivity contribution in [2.45, 2.75) is 0 Å². The predicted octanol–water partition coefficient (Wildman–Crippen LogP) is 3.07. The lowest BCUT2D eigenvalue weighted by atomic mass is 10.1. The summed E-state index contributed by atoms with van der Waals surface area (Å²) in [5.41, 5.74) is 2.12. The highest BCUT2D eigenvalue weighted by atomic mass is 16.5. The van der Waals surface area contributed by atoms with Crippen LogP contribution in [0.1, 0.15) is 10.4 Å². The molecule has 1 aliphatic heterocycles. The summed E-state index contributed by atoms with van der Waals surface area (Å²) in [5.74, 6) is 1.22. The summed E-state index contributed by atoms with van der Waals surface area (Å²) in [6.07, 6.45) is 3.24. The number of amides is 1. The van der Waals surface area contributed by atoms with Crippen molar-refractivity contribution in [1.82, 2.24) is 9.97 Å². The average molecular weight is 419 g/mol. The minimum atomic E-state index is -0.316. The summed E-state index contributed by atoms with van der Waals surface area (Å²) in [6.45, 7) is 3.48. The van der Waals surface area contributed by atoms with Gasteiger partial charge in [-0.2, -0.15) is 0 Å². The third kappa shape index (κ3) is 4.53. The van der Waals surface area contributed by atoms with Gasteiger partial charge in [0.2, 0.25) is 5.95 Å². The molecule has 160 valence electrons. The smallest absolute Gasteiger partial charge is 0.259 e. The monoisotopic (exact) mass is 419 g/mol. The first kappa shape index (κ1) is 20.5. The zero-order chi connectivity index (χ0) is 21.6. The molecular formula is C23H25N5O3. The Bertz CT molecular complexity index is 1020. The highest BCUT2D eigenvalue weighted by Gasteiger charge is 2.20. The van der Waals surface area contributed by atoms with E-state index in [9.17, 15) is 4.79 Å². The van der Waals surface area contributed by atoms with E-state index in [-0.39, 0.29) is 5.91 Å². The van der Waals surface area contributed by atoms with Gasteiger partial charge in [-0.15, -0.1) is 0 Å². The van der Waals surface area contributed by atoms with Crippen molar-refractivity contribution in [2.24, 2.45) is 0 Å². The maximum atomic E-state index is 12.7. The zero-order valence-corrected chi connectivity index (χ0v) is 17.6. The van der Waals surface area contributed by atoms with Crippen molar-refractivity contribution >= 4 is 23.2 Å². The molecule has 1 saturated heterocycles. The number of ether oxygens (including phenoxy) is 2. The highest BCUT2D eigenvalue weighted by Crippen LogP contribution is 2.31. The first-order valence-electron chi connectivity index (χ1n) is 10.1. The number of rotatable bonds is 6. The molecule has 0 bridgehead atoms. The predicted molar refractivity (Wildman–Crippen MR) is 120 cm³/mol. The van der Waals surface area contributed by atoms with E-state index in [1.165, 1.54) is 19.9 Å². The quantitative estimate of drug-likeness (QED) is 0.658. The molecule has 8 heteroatoms. The van der Waals surface area contributed by atoms with Crippen molar-refractivity contribution in [3.8, 4) is 11.5 Å². The van der Waals surface area contributed by atoms with Crippen LogP contribution in [-0.4, -0.2) is 56.3 Å².